The highest BCUT2D eigenvalue weighted by atomic mass is 32.2. The molecular formula is C18H19N3O5S. The van der Waals surface area contributed by atoms with E-state index < -0.39 is 20.6 Å². The first kappa shape index (κ1) is 19.0. The lowest BCUT2D eigenvalue weighted by Gasteiger charge is -2.16. The smallest absolute Gasteiger partial charge is 0.289 e. The second-order valence-corrected chi connectivity index (χ2v) is 8.02. The van der Waals surface area contributed by atoms with E-state index in [1.807, 2.05) is 0 Å². The van der Waals surface area contributed by atoms with Crippen molar-refractivity contribution in [1.82, 2.24) is 4.72 Å². The van der Waals surface area contributed by atoms with Crippen molar-refractivity contribution in [2.24, 2.45) is 0 Å². The van der Waals surface area contributed by atoms with Crippen LogP contribution in [0, 0.1) is 17.0 Å². The molecule has 2 aromatic carbocycles. The Morgan fingerprint density at radius 1 is 1.19 bits per heavy atom. The molecule has 3 rings (SSSR count). The van der Waals surface area contributed by atoms with E-state index in [9.17, 15) is 23.3 Å². The first-order valence-electron chi connectivity index (χ1n) is 8.42. The summed E-state index contributed by atoms with van der Waals surface area (Å²) in [6.45, 7) is 2.19. The van der Waals surface area contributed by atoms with Crippen molar-refractivity contribution in [3.63, 3.8) is 0 Å². The highest BCUT2D eigenvalue weighted by molar-refractivity contribution is 7.89. The molecule has 0 spiro atoms. The molecule has 1 aliphatic heterocycles. The van der Waals surface area contributed by atoms with Crippen LogP contribution in [0.2, 0.25) is 0 Å². The molecule has 0 bridgehead atoms. The van der Waals surface area contributed by atoms with Gasteiger partial charge in [-0.25, -0.2) is 13.1 Å². The first-order chi connectivity index (χ1) is 12.8. The standard InChI is InChI=1S/C18H19N3O5S/c1-13-4-2-5-16(21(23)24)18(13)27(25,26)19-12-14-7-9-15(10-8-14)20-11-3-6-17(20)22/h2,4-5,7-10,19H,3,6,11-12H2,1H3. The number of amides is 1. The fourth-order valence-electron chi connectivity index (χ4n) is 3.10. The zero-order chi connectivity index (χ0) is 19.6. The number of rotatable bonds is 6. The van der Waals surface area contributed by atoms with E-state index in [1.54, 1.807) is 29.2 Å². The number of aryl methyl sites for hydroxylation is 1. The number of hydrogen-bond acceptors (Lipinski definition) is 5. The van der Waals surface area contributed by atoms with Gasteiger partial charge < -0.3 is 4.90 Å². The van der Waals surface area contributed by atoms with Crippen molar-refractivity contribution in [2.45, 2.75) is 31.2 Å². The number of carbonyl (C=O) groups is 1. The molecule has 9 heteroatoms. The van der Waals surface area contributed by atoms with Crippen LogP contribution in [-0.2, 0) is 21.4 Å². The third-order valence-electron chi connectivity index (χ3n) is 4.44. The SMILES string of the molecule is Cc1cccc([N+](=O)[O-])c1S(=O)(=O)NCc1ccc(N2CCCC2=O)cc1. The number of carbonyl (C=O) groups excluding carboxylic acids is 1. The Hall–Kier alpha value is -2.78. The van der Waals surface area contributed by atoms with Gasteiger partial charge in [-0.05, 0) is 36.6 Å². The Kier molecular flexibility index (Phi) is 5.24. The summed E-state index contributed by atoms with van der Waals surface area (Å²) in [5.41, 5.74) is 1.31. The van der Waals surface area contributed by atoms with E-state index in [0.717, 1.165) is 12.1 Å². The zero-order valence-corrected chi connectivity index (χ0v) is 15.5. The minimum Gasteiger partial charge on any atom is -0.312 e. The average Bonchev–Trinajstić information content (AvgIpc) is 3.06. The molecule has 0 aromatic heterocycles. The van der Waals surface area contributed by atoms with E-state index in [-0.39, 0.29) is 17.3 Å². The fraction of sp³-hybridized carbons (Fsp3) is 0.278. The summed E-state index contributed by atoms with van der Waals surface area (Å²) in [5.74, 6) is 0.0790. The molecule has 1 aliphatic rings. The van der Waals surface area contributed by atoms with E-state index in [1.165, 1.54) is 25.1 Å². The van der Waals surface area contributed by atoms with Crippen molar-refractivity contribution in [2.75, 3.05) is 11.4 Å². The molecule has 2 aromatic rings. The molecule has 0 aliphatic carbocycles. The monoisotopic (exact) mass is 389 g/mol. The highest BCUT2D eigenvalue weighted by Crippen LogP contribution is 2.27. The molecule has 0 unspecified atom stereocenters. The van der Waals surface area contributed by atoms with Gasteiger partial charge in [-0.3, -0.25) is 14.9 Å². The summed E-state index contributed by atoms with van der Waals surface area (Å²) < 4.78 is 27.6. The summed E-state index contributed by atoms with van der Waals surface area (Å²) >= 11 is 0. The second-order valence-electron chi connectivity index (χ2n) is 6.32. The maximum absolute atomic E-state index is 12.6. The van der Waals surface area contributed by atoms with Crippen molar-refractivity contribution < 1.29 is 18.1 Å². The van der Waals surface area contributed by atoms with E-state index >= 15 is 0 Å². The Morgan fingerprint density at radius 3 is 2.48 bits per heavy atom. The van der Waals surface area contributed by atoms with Gasteiger partial charge in [0.05, 0.1) is 4.92 Å². The zero-order valence-electron chi connectivity index (χ0n) is 14.7. The van der Waals surface area contributed by atoms with Gasteiger partial charge >= 0.3 is 0 Å². The van der Waals surface area contributed by atoms with Crippen molar-refractivity contribution >= 4 is 27.3 Å². The summed E-state index contributed by atoms with van der Waals surface area (Å²) in [4.78, 5) is 23.6. The molecule has 27 heavy (non-hydrogen) atoms. The average molecular weight is 389 g/mol. The van der Waals surface area contributed by atoms with Crippen LogP contribution in [0.3, 0.4) is 0 Å². The maximum Gasteiger partial charge on any atom is 0.289 e. The second kappa shape index (κ2) is 7.45. The Bertz CT molecular complexity index is 987. The van der Waals surface area contributed by atoms with E-state index in [2.05, 4.69) is 4.72 Å². The minimum absolute atomic E-state index is 0.0119. The Balaban J connectivity index is 1.77. The molecule has 1 amide bonds. The van der Waals surface area contributed by atoms with Gasteiger partial charge in [0.15, 0.2) is 4.90 Å². The molecule has 1 saturated heterocycles. The lowest BCUT2D eigenvalue weighted by atomic mass is 10.2. The maximum atomic E-state index is 12.6. The number of benzene rings is 2. The molecular weight excluding hydrogens is 370 g/mol. The van der Waals surface area contributed by atoms with Gasteiger partial charge in [-0.15, -0.1) is 0 Å². The lowest BCUT2D eigenvalue weighted by molar-refractivity contribution is -0.387. The van der Waals surface area contributed by atoms with Crippen LogP contribution in [0.5, 0.6) is 0 Å². The molecule has 0 saturated carbocycles. The number of nitro groups is 1. The molecule has 142 valence electrons. The first-order valence-corrected chi connectivity index (χ1v) is 9.91. The molecule has 0 atom stereocenters. The van der Waals surface area contributed by atoms with Gasteiger partial charge in [0.2, 0.25) is 15.9 Å². The number of nitrogens with zero attached hydrogens (tertiary/aromatic N) is 2. The predicted molar refractivity (Wildman–Crippen MR) is 99.9 cm³/mol. The minimum atomic E-state index is -4.06. The number of sulfonamides is 1. The van der Waals surface area contributed by atoms with Crippen LogP contribution in [0.25, 0.3) is 0 Å². The van der Waals surface area contributed by atoms with Gasteiger partial charge in [0, 0.05) is 31.3 Å². The molecule has 8 nitrogen and oxygen atoms in total. The summed E-state index contributed by atoms with van der Waals surface area (Å²) in [6.07, 6.45) is 1.37. The van der Waals surface area contributed by atoms with Crippen LogP contribution in [-0.4, -0.2) is 25.8 Å². The number of nitrogens with one attached hydrogen (secondary N) is 1. The molecule has 1 fully saturated rings. The number of nitro benzene ring substituents is 1. The molecule has 1 heterocycles. The summed E-state index contributed by atoms with van der Waals surface area (Å²) in [5, 5.41) is 11.2. The van der Waals surface area contributed by atoms with Crippen LogP contribution in [0.4, 0.5) is 11.4 Å². The summed E-state index contributed by atoms with van der Waals surface area (Å²) in [7, 11) is -4.06. The van der Waals surface area contributed by atoms with Crippen molar-refractivity contribution in [3.8, 4) is 0 Å². The Morgan fingerprint density at radius 2 is 1.89 bits per heavy atom. The van der Waals surface area contributed by atoms with Crippen LogP contribution in [0.15, 0.2) is 47.4 Å². The van der Waals surface area contributed by atoms with Crippen LogP contribution >= 0.6 is 0 Å². The lowest BCUT2D eigenvalue weighted by Crippen LogP contribution is -2.25. The van der Waals surface area contributed by atoms with Crippen LogP contribution < -0.4 is 9.62 Å². The molecule has 1 N–H and O–H groups in total. The van der Waals surface area contributed by atoms with E-state index in [4.69, 9.17) is 0 Å². The van der Waals surface area contributed by atoms with E-state index in [0.29, 0.717) is 24.1 Å². The normalized spacial score (nSPS) is 14.6. The molecule has 0 radical (unpaired) electrons. The summed E-state index contributed by atoms with van der Waals surface area (Å²) in [6, 6.07) is 11.1. The third kappa shape index (κ3) is 3.99. The Labute approximate surface area is 157 Å². The van der Waals surface area contributed by atoms with Crippen LogP contribution in [0.1, 0.15) is 24.0 Å². The van der Waals surface area contributed by atoms with Crippen molar-refractivity contribution in [1.29, 1.82) is 0 Å². The largest absolute Gasteiger partial charge is 0.312 e. The van der Waals surface area contributed by atoms with Gasteiger partial charge in [-0.1, -0.05) is 24.3 Å². The quantitative estimate of drug-likeness (QED) is 0.603. The fourth-order valence-corrected chi connectivity index (χ4v) is 4.51. The number of hydrogen-bond donors (Lipinski definition) is 1. The van der Waals surface area contributed by atoms with Gasteiger partial charge in [-0.2, -0.15) is 0 Å². The highest BCUT2D eigenvalue weighted by Gasteiger charge is 2.27. The van der Waals surface area contributed by atoms with Gasteiger partial charge in [0.1, 0.15) is 0 Å². The predicted octanol–water partition coefficient (Wildman–Crippen LogP) is 2.51. The van der Waals surface area contributed by atoms with Gasteiger partial charge in [0.25, 0.3) is 5.69 Å². The third-order valence-corrected chi connectivity index (χ3v) is 6.04. The topological polar surface area (TPSA) is 110 Å². The van der Waals surface area contributed by atoms with Crippen molar-refractivity contribution in [3.05, 3.63) is 63.7 Å². The number of anilines is 1.